The van der Waals surface area contributed by atoms with Crippen LogP contribution in [0, 0.1) is 0 Å². The van der Waals surface area contributed by atoms with E-state index in [1.807, 2.05) is 23.1 Å². The number of imide groups is 1. The molecule has 2 aliphatic heterocycles. The summed E-state index contributed by atoms with van der Waals surface area (Å²) in [5, 5.41) is 5.71. The largest absolute Gasteiger partial charge is 0.334 e. The summed E-state index contributed by atoms with van der Waals surface area (Å²) in [6.07, 6.45) is -0.472. The number of benzene rings is 1. The van der Waals surface area contributed by atoms with Crippen molar-refractivity contribution in [2.75, 3.05) is 20.1 Å². The van der Waals surface area contributed by atoms with Crippen LogP contribution in [0.15, 0.2) is 35.3 Å². The van der Waals surface area contributed by atoms with Gasteiger partial charge < -0.3 is 15.1 Å². The van der Waals surface area contributed by atoms with Crippen molar-refractivity contribution in [1.82, 2.24) is 20.4 Å². The van der Waals surface area contributed by atoms with Crippen molar-refractivity contribution < 1.29 is 9.59 Å². The molecule has 2 aliphatic rings. The molecule has 1 fully saturated rings. The number of urea groups is 1. The van der Waals surface area contributed by atoms with Gasteiger partial charge >= 0.3 is 6.03 Å². The molecule has 23 heavy (non-hydrogen) atoms. The Bertz CT molecular complexity index is 636. The summed E-state index contributed by atoms with van der Waals surface area (Å²) in [4.78, 5) is 31.5. The summed E-state index contributed by atoms with van der Waals surface area (Å²) < 4.78 is 0.603. The van der Waals surface area contributed by atoms with Gasteiger partial charge in [-0.3, -0.25) is 10.1 Å². The van der Waals surface area contributed by atoms with Crippen LogP contribution < -0.4 is 10.6 Å². The number of fused-ring (bicyclic) bond motifs is 1. The number of carbonyl (C=O) groups is 2. The van der Waals surface area contributed by atoms with E-state index in [0.717, 1.165) is 6.54 Å². The zero-order valence-corrected chi connectivity index (χ0v) is 14.3. The number of halogens is 1. The van der Waals surface area contributed by atoms with E-state index in [9.17, 15) is 9.59 Å². The number of rotatable bonds is 5. The Hall–Kier alpha value is -1.93. The van der Waals surface area contributed by atoms with Gasteiger partial charge in [-0.2, -0.15) is 0 Å². The zero-order valence-electron chi connectivity index (χ0n) is 12.7. The third-order valence-corrected chi connectivity index (χ3v) is 4.67. The molecule has 122 valence electrons. The first kappa shape index (κ1) is 15.9. The van der Waals surface area contributed by atoms with Crippen molar-refractivity contribution in [1.29, 1.82) is 0 Å². The predicted octanol–water partition coefficient (Wildman–Crippen LogP) is 0.719. The Balaban J connectivity index is 1.57. The number of aliphatic imine (C=N–C) groups is 1. The number of amides is 3. The second-order valence-corrected chi connectivity index (χ2v) is 6.23. The average molecular weight is 380 g/mol. The highest BCUT2D eigenvalue weighted by molar-refractivity contribution is 9.18. The Morgan fingerprint density at radius 1 is 1.30 bits per heavy atom. The molecule has 8 heteroatoms. The van der Waals surface area contributed by atoms with Crippen LogP contribution in [-0.2, 0) is 11.3 Å². The number of nitrogens with zero attached hydrogens (tertiary/aromatic N) is 3. The maximum atomic E-state index is 12.1. The fourth-order valence-electron chi connectivity index (χ4n) is 2.75. The summed E-state index contributed by atoms with van der Waals surface area (Å²) in [7, 11) is 1.64. The topological polar surface area (TPSA) is 77.0 Å². The van der Waals surface area contributed by atoms with Gasteiger partial charge in [-0.25, -0.2) is 9.79 Å². The van der Waals surface area contributed by atoms with Crippen LogP contribution in [0.5, 0.6) is 0 Å². The van der Waals surface area contributed by atoms with Crippen molar-refractivity contribution in [3.05, 3.63) is 35.9 Å². The van der Waals surface area contributed by atoms with Gasteiger partial charge in [-0.15, -0.1) is 0 Å². The molecule has 2 N–H and O–H groups in total. The van der Waals surface area contributed by atoms with E-state index in [0.29, 0.717) is 17.8 Å². The molecule has 2 atom stereocenters. The van der Waals surface area contributed by atoms with Crippen molar-refractivity contribution in [3.8, 4) is 0 Å². The van der Waals surface area contributed by atoms with E-state index in [4.69, 9.17) is 0 Å². The van der Waals surface area contributed by atoms with Crippen molar-refractivity contribution in [3.63, 3.8) is 0 Å². The molecule has 0 aliphatic carbocycles. The van der Waals surface area contributed by atoms with E-state index in [-0.39, 0.29) is 5.91 Å². The van der Waals surface area contributed by atoms with Crippen molar-refractivity contribution >= 4 is 32.6 Å². The molecule has 0 radical (unpaired) electrons. The second kappa shape index (κ2) is 6.67. The summed E-state index contributed by atoms with van der Waals surface area (Å²) in [6.45, 7) is 2.09. The lowest BCUT2D eigenvalue weighted by Gasteiger charge is -2.35. The lowest BCUT2D eigenvalue weighted by Crippen LogP contribution is -2.63. The van der Waals surface area contributed by atoms with Crippen molar-refractivity contribution in [2.24, 2.45) is 4.99 Å². The van der Waals surface area contributed by atoms with E-state index < -0.39 is 18.2 Å². The normalized spacial score (nSPS) is 23.7. The van der Waals surface area contributed by atoms with Gasteiger partial charge in [0.1, 0.15) is 0 Å². The molecule has 1 aromatic carbocycles. The minimum Gasteiger partial charge on any atom is -0.334 e. The molecule has 0 bridgehead atoms. The highest BCUT2D eigenvalue weighted by atomic mass is 79.9. The van der Waals surface area contributed by atoms with Gasteiger partial charge in [-0.1, -0.05) is 30.3 Å². The average Bonchev–Trinajstić information content (AvgIpc) is 2.88. The van der Waals surface area contributed by atoms with E-state index in [1.54, 1.807) is 7.05 Å². The first-order chi connectivity index (χ1) is 11.1. The predicted molar refractivity (Wildman–Crippen MR) is 90.1 cm³/mol. The molecular weight excluding hydrogens is 362 g/mol. The molecule has 1 saturated heterocycles. The maximum absolute atomic E-state index is 12.1. The molecule has 1 aromatic rings. The molecule has 0 aromatic heterocycles. The lowest BCUT2D eigenvalue weighted by atomic mass is 10.1. The molecular formula is C15H18BrN5O2. The summed E-state index contributed by atoms with van der Waals surface area (Å²) in [6, 6.07) is 9.22. The monoisotopic (exact) mass is 379 g/mol. The van der Waals surface area contributed by atoms with Crippen LogP contribution in [0.1, 0.15) is 5.56 Å². The zero-order chi connectivity index (χ0) is 16.4. The number of hydrogen-bond acceptors (Lipinski definition) is 5. The molecule has 3 amide bonds. The second-order valence-electron chi connectivity index (χ2n) is 5.52. The Morgan fingerprint density at radius 2 is 2.04 bits per heavy atom. The van der Waals surface area contributed by atoms with Crippen LogP contribution in [0.3, 0.4) is 0 Å². The van der Waals surface area contributed by atoms with Crippen LogP contribution in [0.4, 0.5) is 4.79 Å². The van der Waals surface area contributed by atoms with Crippen molar-refractivity contribution in [2.45, 2.75) is 18.8 Å². The summed E-state index contributed by atoms with van der Waals surface area (Å²) in [5.41, 5.74) is 1.21. The fourth-order valence-corrected chi connectivity index (χ4v) is 3.36. The number of carbonyl (C=O) groups excluding carboxylic acids is 2. The number of likely N-dealkylation sites (N-methyl/N-ethyl adjacent to an activating group) is 1. The highest BCUT2D eigenvalue weighted by Gasteiger charge is 2.47. The first-order valence-corrected chi connectivity index (χ1v) is 8.19. The maximum Gasteiger partial charge on any atom is 0.325 e. The Labute approximate surface area is 142 Å². The fraction of sp³-hybridized carbons (Fsp3) is 0.400. The minimum atomic E-state index is -0.481. The van der Waals surface area contributed by atoms with Gasteiger partial charge in [0.05, 0.1) is 0 Å². The smallest absolute Gasteiger partial charge is 0.325 e. The summed E-state index contributed by atoms with van der Waals surface area (Å²) >= 11 is 3.40. The molecule has 2 unspecified atom stereocenters. The minimum absolute atomic E-state index is 0.306. The van der Waals surface area contributed by atoms with Gasteiger partial charge in [0, 0.05) is 26.7 Å². The van der Waals surface area contributed by atoms with Crippen LogP contribution in [-0.4, -0.2) is 58.8 Å². The molecule has 0 spiro atoms. The summed E-state index contributed by atoms with van der Waals surface area (Å²) in [5.74, 6) is -0.306. The third-order valence-electron chi connectivity index (χ3n) is 4.01. The van der Waals surface area contributed by atoms with E-state index in [1.165, 1.54) is 10.5 Å². The molecule has 7 nitrogen and oxygen atoms in total. The lowest BCUT2D eigenvalue weighted by molar-refractivity contribution is -0.127. The Morgan fingerprint density at radius 3 is 2.78 bits per heavy atom. The molecule has 2 heterocycles. The number of amidine groups is 1. The van der Waals surface area contributed by atoms with Crippen LogP contribution >= 0.6 is 15.9 Å². The molecule has 0 saturated carbocycles. The number of nitrogens with one attached hydrogen (secondary N) is 2. The Kier molecular flexibility index (Phi) is 4.63. The standard InChI is InChI=1S/C15H18BrN5O2/c1-20-12-11(13(22)19-15(20)23)21(14(16)18-12)8-7-17-9-10-5-3-2-4-6-10/h2-6,11-12,17H,7-9H2,1H3,(H,19,22,23). The van der Waals surface area contributed by atoms with E-state index in [2.05, 4.69) is 43.7 Å². The van der Waals surface area contributed by atoms with Gasteiger partial charge in [0.2, 0.25) is 0 Å². The first-order valence-electron chi connectivity index (χ1n) is 7.40. The molecule has 3 rings (SSSR count). The van der Waals surface area contributed by atoms with Crippen LogP contribution in [0.2, 0.25) is 0 Å². The van der Waals surface area contributed by atoms with Gasteiger partial charge in [0.25, 0.3) is 5.91 Å². The highest BCUT2D eigenvalue weighted by Crippen LogP contribution is 2.25. The third kappa shape index (κ3) is 3.23. The quantitative estimate of drug-likeness (QED) is 0.583. The van der Waals surface area contributed by atoms with Gasteiger partial charge in [-0.05, 0) is 21.5 Å². The SMILES string of the molecule is CN1C(=O)NC(=O)C2C1N=C(Br)N2CCNCc1ccccc1. The van der Waals surface area contributed by atoms with E-state index >= 15 is 0 Å². The van der Waals surface area contributed by atoms with Crippen LogP contribution in [0.25, 0.3) is 0 Å². The number of hydrogen-bond donors (Lipinski definition) is 2. The van der Waals surface area contributed by atoms with Gasteiger partial charge in [0.15, 0.2) is 17.0 Å².